The van der Waals surface area contributed by atoms with Gasteiger partial charge in [0.1, 0.15) is 0 Å². The lowest BCUT2D eigenvalue weighted by Gasteiger charge is -2.40. The maximum atomic E-state index is 5.87. The van der Waals surface area contributed by atoms with Crippen LogP contribution in [0.2, 0.25) is 5.02 Å². The molecule has 0 amide bonds. The van der Waals surface area contributed by atoms with E-state index in [-0.39, 0.29) is 5.41 Å². The van der Waals surface area contributed by atoms with Crippen molar-refractivity contribution < 1.29 is 0 Å². The van der Waals surface area contributed by atoms with Gasteiger partial charge in [0.05, 0.1) is 5.02 Å². The highest BCUT2D eigenvalue weighted by atomic mass is 35.5. The van der Waals surface area contributed by atoms with E-state index in [1.807, 2.05) is 5.38 Å². The highest BCUT2D eigenvalue weighted by molar-refractivity contribution is 7.10. The van der Waals surface area contributed by atoms with Gasteiger partial charge in [-0.05, 0) is 18.9 Å². The monoisotopic (exact) mass is 201 g/mol. The van der Waals surface area contributed by atoms with Crippen LogP contribution >= 0.6 is 22.9 Å². The Hall–Kier alpha value is -0.0500. The third-order valence-electron chi connectivity index (χ3n) is 2.79. The van der Waals surface area contributed by atoms with E-state index in [9.17, 15) is 0 Å². The molecule has 1 saturated carbocycles. The fraction of sp³-hybridized carbons (Fsp3) is 0.556. The van der Waals surface area contributed by atoms with Gasteiger partial charge in [0.15, 0.2) is 0 Å². The molecule has 0 radical (unpaired) electrons. The molecule has 1 fully saturated rings. The van der Waals surface area contributed by atoms with Gasteiger partial charge in [-0.25, -0.2) is 0 Å². The zero-order chi connectivity index (χ0) is 8.60. The molecular formula is C9H12ClNS. The Balaban J connectivity index is 2.27. The first-order chi connectivity index (χ1) is 5.77. The number of hydrogen-bond donors (Lipinski definition) is 1. The molecule has 1 aliphatic rings. The van der Waals surface area contributed by atoms with Crippen molar-refractivity contribution in [3.8, 4) is 0 Å². The van der Waals surface area contributed by atoms with Gasteiger partial charge < -0.3 is 5.73 Å². The van der Waals surface area contributed by atoms with Crippen LogP contribution < -0.4 is 5.73 Å². The van der Waals surface area contributed by atoms with Crippen LogP contribution in [0.15, 0.2) is 11.4 Å². The van der Waals surface area contributed by atoms with Crippen molar-refractivity contribution in [1.29, 1.82) is 0 Å². The van der Waals surface area contributed by atoms with Crippen LogP contribution in [0.5, 0.6) is 0 Å². The summed E-state index contributed by atoms with van der Waals surface area (Å²) in [6, 6.07) is 2.07. The minimum Gasteiger partial charge on any atom is -0.330 e. The minimum absolute atomic E-state index is 0.289. The fourth-order valence-corrected chi connectivity index (χ4v) is 3.09. The average Bonchev–Trinajstić information content (AvgIpc) is 2.35. The van der Waals surface area contributed by atoms with Crippen molar-refractivity contribution in [2.75, 3.05) is 6.54 Å². The van der Waals surface area contributed by atoms with E-state index in [1.165, 1.54) is 24.1 Å². The van der Waals surface area contributed by atoms with Crippen LogP contribution in [0.4, 0.5) is 0 Å². The molecule has 1 aliphatic carbocycles. The van der Waals surface area contributed by atoms with E-state index in [0.717, 1.165) is 11.6 Å². The summed E-state index contributed by atoms with van der Waals surface area (Å²) in [7, 11) is 0. The van der Waals surface area contributed by atoms with Crippen molar-refractivity contribution in [2.45, 2.75) is 24.7 Å². The number of nitrogens with two attached hydrogens (primary N) is 1. The predicted octanol–water partition coefficient (Wildman–Crippen LogP) is 2.78. The summed E-state index contributed by atoms with van der Waals surface area (Å²) in [6.07, 6.45) is 3.79. The second-order valence-electron chi connectivity index (χ2n) is 3.47. The molecule has 1 aromatic rings. The third-order valence-corrected chi connectivity index (χ3v) is 4.32. The second-order valence-corrected chi connectivity index (χ2v) is 4.81. The molecule has 0 aliphatic heterocycles. The van der Waals surface area contributed by atoms with Crippen LogP contribution in [0.25, 0.3) is 0 Å². The van der Waals surface area contributed by atoms with Gasteiger partial charge in [-0.2, -0.15) is 0 Å². The van der Waals surface area contributed by atoms with Gasteiger partial charge in [-0.15, -0.1) is 11.3 Å². The minimum atomic E-state index is 0.289. The van der Waals surface area contributed by atoms with Crippen molar-refractivity contribution in [3.05, 3.63) is 21.3 Å². The lowest BCUT2D eigenvalue weighted by molar-refractivity contribution is 0.258. The zero-order valence-electron chi connectivity index (χ0n) is 6.85. The SMILES string of the molecule is NCC1(c2cc(Cl)cs2)CCC1. The van der Waals surface area contributed by atoms with Crippen LogP contribution in [0.3, 0.4) is 0 Å². The molecule has 0 spiro atoms. The Morgan fingerprint density at radius 3 is 2.67 bits per heavy atom. The van der Waals surface area contributed by atoms with E-state index in [0.29, 0.717) is 0 Å². The maximum Gasteiger partial charge on any atom is 0.0516 e. The fourth-order valence-electron chi connectivity index (χ4n) is 1.75. The number of rotatable bonds is 2. The number of thiophene rings is 1. The van der Waals surface area contributed by atoms with Crippen LogP contribution in [0, 0.1) is 0 Å². The maximum absolute atomic E-state index is 5.87. The van der Waals surface area contributed by atoms with E-state index < -0.39 is 0 Å². The van der Waals surface area contributed by atoms with E-state index in [2.05, 4.69) is 6.07 Å². The highest BCUT2D eigenvalue weighted by Crippen LogP contribution is 2.45. The third kappa shape index (κ3) is 1.18. The smallest absolute Gasteiger partial charge is 0.0516 e. The lowest BCUT2D eigenvalue weighted by atomic mass is 9.68. The molecule has 0 unspecified atom stereocenters. The van der Waals surface area contributed by atoms with Crippen molar-refractivity contribution in [2.24, 2.45) is 5.73 Å². The first-order valence-corrected chi connectivity index (χ1v) is 5.47. The molecule has 1 aromatic heterocycles. The quantitative estimate of drug-likeness (QED) is 0.783. The lowest BCUT2D eigenvalue weighted by Crippen LogP contribution is -2.40. The Morgan fingerprint density at radius 2 is 2.33 bits per heavy atom. The van der Waals surface area contributed by atoms with Crippen LogP contribution in [-0.4, -0.2) is 6.54 Å². The molecule has 12 heavy (non-hydrogen) atoms. The molecule has 2 N–H and O–H groups in total. The van der Waals surface area contributed by atoms with Crippen molar-refractivity contribution >= 4 is 22.9 Å². The van der Waals surface area contributed by atoms with Crippen molar-refractivity contribution in [1.82, 2.24) is 0 Å². The summed E-state index contributed by atoms with van der Waals surface area (Å²) in [5, 5.41) is 2.85. The molecule has 0 atom stereocenters. The van der Waals surface area contributed by atoms with Crippen LogP contribution in [-0.2, 0) is 5.41 Å². The highest BCUT2D eigenvalue weighted by Gasteiger charge is 2.38. The molecule has 1 heterocycles. The first kappa shape index (κ1) is 8.54. The Morgan fingerprint density at radius 1 is 1.58 bits per heavy atom. The second kappa shape index (κ2) is 3.02. The molecular weight excluding hydrogens is 190 g/mol. The zero-order valence-corrected chi connectivity index (χ0v) is 8.42. The summed E-state index contributed by atoms with van der Waals surface area (Å²) in [4.78, 5) is 1.38. The Kier molecular flexibility index (Phi) is 2.15. The molecule has 0 bridgehead atoms. The van der Waals surface area contributed by atoms with Crippen LogP contribution in [0.1, 0.15) is 24.1 Å². The Bertz CT molecular complexity index is 272. The van der Waals surface area contributed by atoms with Gasteiger partial charge in [-0.1, -0.05) is 18.0 Å². The topological polar surface area (TPSA) is 26.0 Å². The van der Waals surface area contributed by atoms with Gasteiger partial charge in [-0.3, -0.25) is 0 Å². The molecule has 2 rings (SSSR count). The largest absolute Gasteiger partial charge is 0.330 e. The van der Waals surface area contributed by atoms with Gasteiger partial charge in [0, 0.05) is 22.2 Å². The molecule has 0 saturated heterocycles. The van der Waals surface area contributed by atoms with Gasteiger partial charge >= 0.3 is 0 Å². The summed E-state index contributed by atoms with van der Waals surface area (Å²) >= 11 is 7.62. The van der Waals surface area contributed by atoms with E-state index in [4.69, 9.17) is 17.3 Å². The van der Waals surface area contributed by atoms with Crippen molar-refractivity contribution in [3.63, 3.8) is 0 Å². The number of hydrogen-bond acceptors (Lipinski definition) is 2. The standard InChI is InChI=1S/C9H12ClNS/c10-7-4-8(12-5-7)9(6-11)2-1-3-9/h4-5H,1-3,6,11H2. The molecule has 1 nitrogen and oxygen atoms in total. The summed E-state index contributed by atoms with van der Waals surface area (Å²) < 4.78 is 0. The average molecular weight is 202 g/mol. The Labute approximate surface area is 81.5 Å². The van der Waals surface area contributed by atoms with E-state index >= 15 is 0 Å². The number of halogens is 1. The molecule has 3 heteroatoms. The summed E-state index contributed by atoms with van der Waals surface area (Å²) in [5.41, 5.74) is 6.06. The predicted molar refractivity (Wildman–Crippen MR) is 53.9 cm³/mol. The van der Waals surface area contributed by atoms with Gasteiger partial charge in [0.2, 0.25) is 0 Å². The first-order valence-electron chi connectivity index (χ1n) is 4.21. The molecule has 66 valence electrons. The van der Waals surface area contributed by atoms with E-state index in [1.54, 1.807) is 11.3 Å². The normalized spacial score (nSPS) is 20.5. The summed E-state index contributed by atoms with van der Waals surface area (Å²) in [6.45, 7) is 0.768. The summed E-state index contributed by atoms with van der Waals surface area (Å²) in [5.74, 6) is 0. The van der Waals surface area contributed by atoms with Gasteiger partial charge in [0.25, 0.3) is 0 Å². The molecule has 0 aromatic carbocycles.